The summed E-state index contributed by atoms with van der Waals surface area (Å²) in [7, 11) is 3.00. The molecule has 44 heavy (non-hydrogen) atoms. The van der Waals surface area contributed by atoms with Gasteiger partial charge in [-0.25, -0.2) is 4.79 Å². The first-order valence-electron chi connectivity index (χ1n) is 15.0. The fourth-order valence-corrected chi connectivity index (χ4v) is 6.09. The maximum atomic E-state index is 12.8. The van der Waals surface area contributed by atoms with Gasteiger partial charge in [-0.3, -0.25) is 4.79 Å². The molecule has 3 aromatic rings. The molecule has 0 radical (unpaired) electrons. The summed E-state index contributed by atoms with van der Waals surface area (Å²) in [4.78, 5) is 26.7. The molecule has 0 saturated carbocycles. The van der Waals surface area contributed by atoms with Crippen LogP contribution in [0.3, 0.4) is 0 Å². The molecule has 5 rings (SSSR count). The Hall–Kier alpha value is -4.70. The number of ether oxygens (including phenoxy) is 4. The minimum Gasteiger partial charge on any atom is -0.496 e. The normalized spacial score (nSPS) is 15.5. The van der Waals surface area contributed by atoms with E-state index in [9.17, 15) is 9.59 Å². The highest BCUT2D eigenvalue weighted by Gasteiger charge is 2.33. The van der Waals surface area contributed by atoms with Gasteiger partial charge >= 0.3 is 11.9 Å². The number of hydrogen-bond donors (Lipinski definition) is 0. The molecule has 2 aliphatic heterocycles. The van der Waals surface area contributed by atoms with Crippen molar-refractivity contribution in [3.8, 4) is 23.3 Å². The number of fused-ring (bicyclic) bond motifs is 2. The van der Waals surface area contributed by atoms with Crippen LogP contribution in [-0.2, 0) is 27.3 Å². The number of benzene rings is 3. The fourth-order valence-electron chi connectivity index (χ4n) is 6.09. The van der Waals surface area contributed by atoms with Crippen LogP contribution < -0.4 is 14.4 Å². The lowest BCUT2D eigenvalue weighted by atomic mass is 9.84. The summed E-state index contributed by atoms with van der Waals surface area (Å²) < 4.78 is 22.2. The van der Waals surface area contributed by atoms with E-state index in [1.54, 1.807) is 7.11 Å². The molecule has 0 amide bonds. The number of para-hydroxylation sites is 1. The van der Waals surface area contributed by atoms with Crippen molar-refractivity contribution in [2.75, 3.05) is 38.8 Å². The zero-order valence-corrected chi connectivity index (χ0v) is 25.9. The van der Waals surface area contributed by atoms with Crippen molar-refractivity contribution in [1.29, 1.82) is 0 Å². The lowest BCUT2D eigenvalue weighted by Gasteiger charge is -2.35. The topological polar surface area (TPSA) is 74.3 Å². The SMILES string of the molecule is COC(=O)CC/C(C)=C/Cc1c(OC)c(C)c2c(c1OCC#CCN1CCC(c3ccccc3)c3ccccc31)C(=O)OC2. The maximum Gasteiger partial charge on any atom is 0.342 e. The minimum atomic E-state index is -0.403. The van der Waals surface area contributed by atoms with Crippen molar-refractivity contribution < 1.29 is 28.5 Å². The molecule has 0 bridgehead atoms. The van der Waals surface area contributed by atoms with Gasteiger partial charge in [-0.2, -0.15) is 0 Å². The van der Waals surface area contributed by atoms with E-state index in [-0.39, 0.29) is 19.2 Å². The Morgan fingerprint density at radius 2 is 1.82 bits per heavy atom. The van der Waals surface area contributed by atoms with E-state index in [4.69, 9.17) is 18.9 Å². The Bertz CT molecular complexity index is 1610. The van der Waals surface area contributed by atoms with Gasteiger partial charge in [0, 0.05) is 35.7 Å². The lowest BCUT2D eigenvalue weighted by Crippen LogP contribution is -2.31. The van der Waals surface area contributed by atoms with Crippen LogP contribution in [0, 0.1) is 18.8 Å². The molecule has 7 heteroatoms. The van der Waals surface area contributed by atoms with Crippen molar-refractivity contribution >= 4 is 17.6 Å². The van der Waals surface area contributed by atoms with Gasteiger partial charge in [0.15, 0.2) is 0 Å². The number of methoxy groups -OCH3 is 2. The second-order valence-electron chi connectivity index (χ2n) is 11.1. The highest BCUT2D eigenvalue weighted by atomic mass is 16.5. The molecular formula is C37H39NO6. The smallest absolute Gasteiger partial charge is 0.342 e. The third-order valence-electron chi connectivity index (χ3n) is 8.46. The van der Waals surface area contributed by atoms with Gasteiger partial charge in [0.2, 0.25) is 0 Å². The van der Waals surface area contributed by atoms with Crippen molar-refractivity contribution in [2.45, 2.75) is 52.1 Å². The third kappa shape index (κ3) is 6.60. The van der Waals surface area contributed by atoms with Crippen LogP contribution >= 0.6 is 0 Å². The second-order valence-corrected chi connectivity index (χ2v) is 11.1. The van der Waals surface area contributed by atoms with Gasteiger partial charge in [-0.15, -0.1) is 0 Å². The average molecular weight is 594 g/mol. The Labute approximate surface area is 259 Å². The van der Waals surface area contributed by atoms with Crippen LogP contribution in [0.15, 0.2) is 66.2 Å². The Kier molecular flexibility index (Phi) is 9.91. The standard InChI is InChI=1S/C37H39NO6/c1-25(17-19-33(39)41-3)16-18-30-35(42-4)26(2)31-24-44-37(40)34(31)36(30)43-23-11-10-21-38-22-20-28(27-12-6-5-7-13-27)29-14-8-9-15-32(29)38/h5-9,12-16,28H,17-24H2,1-4H3/b25-16+. The monoisotopic (exact) mass is 593 g/mol. The van der Waals surface area contributed by atoms with E-state index in [0.717, 1.165) is 35.2 Å². The molecule has 1 atom stereocenters. The van der Waals surface area contributed by atoms with Crippen LogP contribution in [0.4, 0.5) is 5.69 Å². The van der Waals surface area contributed by atoms with E-state index in [1.165, 1.54) is 23.9 Å². The van der Waals surface area contributed by atoms with E-state index in [2.05, 4.69) is 71.3 Å². The first-order chi connectivity index (χ1) is 21.4. The van der Waals surface area contributed by atoms with Crippen molar-refractivity contribution in [1.82, 2.24) is 0 Å². The van der Waals surface area contributed by atoms with Crippen LogP contribution in [0.5, 0.6) is 11.5 Å². The Morgan fingerprint density at radius 1 is 1.05 bits per heavy atom. The average Bonchev–Trinajstić information content (AvgIpc) is 3.45. The van der Waals surface area contributed by atoms with Gasteiger partial charge in [0.1, 0.15) is 30.3 Å². The number of carbonyl (C=O) groups is 2. The van der Waals surface area contributed by atoms with E-state index < -0.39 is 5.97 Å². The quantitative estimate of drug-likeness (QED) is 0.150. The van der Waals surface area contributed by atoms with Crippen molar-refractivity contribution in [3.05, 3.63) is 99.6 Å². The zero-order chi connectivity index (χ0) is 31.1. The van der Waals surface area contributed by atoms with E-state index in [1.807, 2.05) is 19.9 Å². The number of hydrogen-bond acceptors (Lipinski definition) is 7. The minimum absolute atomic E-state index is 0.117. The molecule has 0 fully saturated rings. The van der Waals surface area contributed by atoms with Crippen LogP contribution in [0.1, 0.15) is 70.3 Å². The number of nitrogens with zero attached hydrogens (tertiary/aromatic N) is 1. The molecule has 7 nitrogen and oxygen atoms in total. The first-order valence-corrected chi connectivity index (χ1v) is 15.0. The van der Waals surface area contributed by atoms with E-state index >= 15 is 0 Å². The summed E-state index contributed by atoms with van der Waals surface area (Å²) in [5, 5.41) is 0. The molecule has 0 saturated heterocycles. The summed E-state index contributed by atoms with van der Waals surface area (Å²) in [5.41, 5.74) is 7.74. The largest absolute Gasteiger partial charge is 0.496 e. The third-order valence-corrected chi connectivity index (χ3v) is 8.46. The number of rotatable bonds is 10. The molecular weight excluding hydrogens is 554 g/mol. The second kappa shape index (κ2) is 14.2. The Balaban J connectivity index is 1.33. The summed E-state index contributed by atoms with van der Waals surface area (Å²) in [6.07, 6.45) is 4.40. The number of cyclic esters (lactones) is 1. The molecule has 0 aromatic heterocycles. The predicted molar refractivity (Wildman–Crippen MR) is 170 cm³/mol. The van der Waals surface area contributed by atoms with Crippen LogP contribution in [-0.4, -0.2) is 45.9 Å². The number of esters is 2. The molecule has 0 spiro atoms. The van der Waals surface area contributed by atoms with Gasteiger partial charge in [-0.1, -0.05) is 72.0 Å². The summed E-state index contributed by atoms with van der Waals surface area (Å²) >= 11 is 0. The molecule has 228 valence electrons. The molecule has 1 unspecified atom stereocenters. The van der Waals surface area contributed by atoms with Crippen LogP contribution in [0.2, 0.25) is 0 Å². The Morgan fingerprint density at radius 3 is 2.59 bits per heavy atom. The number of carbonyl (C=O) groups excluding carboxylic acids is 2. The van der Waals surface area contributed by atoms with E-state index in [0.29, 0.717) is 48.8 Å². The zero-order valence-electron chi connectivity index (χ0n) is 25.9. The predicted octanol–water partition coefficient (Wildman–Crippen LogP) is 6.54. The number of anilines is 1. The molecule has 3 aromatic carbocycles. The van der Waals surface area contributed by atoms with Gasteiger partial charge in [0.25, 0.3) is 0 Å². The molecule has 2 heterocycles. The fraction of sp³-hybridized carbons (Fsp3) is 0.351. The van der Waals surface area contributed by atoms with Crippen LogP contribution in [0.25, 0.3) is 0 Å². The summed E-state index contributed by atoms with van der Waals surface area (Å²) in [6.45, 7) is 5.69. The number of allylic oxidation sites excluding steroid dienone is 2. The summed E-state index contributed by atoms with van der Waals surface area (Å²) in [6, 6.07) is 19.2. The summed E-state index contributed by atoms with van der Waals surface area (Å²) in [5.74, 6) is 7.29. The first kappa shape index (κ1) is 30.7. The highest BCUT2D eigenvalue weighted by Crippen LogP contribution is 2.43. The molecule has 0 N–H and O–H groups in total. The molecule has 2 aliphatic rings. The molecule has 0 aliphatic carbocycles. The van der Waals surface area contributed by atoms with Gasteiger partial charge < -0.3 is 23.8 Å². The highest BCUT2D eigenvalue weighted by molar-refractivity contribution is 5.98. The van der Waals surface area contributed by atoms with Crippen molar-refractivity contribution in [3.63, 3.8) is 0 Å². The maximum absolute atomic E-state index is 12.8. The van der Waals surface area contributed by atoms with Gasteiger partial charge in [0.05, 0.1) is 20.8 Å². The lowest BCUT2D eigenvalue weighted by molar-refractivity contribution is -0.140. The van der Waals surface area contributed by atoms with Gasteiger partial charge in [-0.05, 0) is 55.9 Å². The van der Waals surface area contributed by atoms with Crippen molar-refractivity contribution in [2.24, 2.45) is 0 Å².